The Bertz CT molecular complexity index is 764. The molecule has 0 saturated carbocycles. The maximum absolute atomic E-state index is 10.4. The SMILES string of the molecule is C=C(C)CN(C)Cc1ccc(OC)c(OC[C@@H](O)CN(C)Cc2ccccc2)c1. The summed E-state index contributed by atoms with van der Waals surface area (Å²) < 4.78 is 11.3. The number of nitrogens with zero attached hydrogens (tertiary/aromatic N) is 2. The molecule has 2 rings (SSSR count). The monoisotopic (exact) mass is 398 g/mol. The maximum Gasteiger partial charge on any atom is 0.161 e. The lowest BCUT2D eigenvalue weighted by Gasteiger charge is -2.22. The Morgan fingerprint density at radius 2 is 1.69 bits per heavy atom. The molecule has 1 N–H and O–H groups in total. The number of aliphatic hydroxyl groups is 1. The highest BCUT2D eigenvalue weighted by molar-refractivity contribution is 5.43. The molecule has 0 amide bonds. The maximum atomic E-state index is 10.4. The number of hydrogen-bond donors (Lipinski definition) is 1. The molecule has 0 aromatic heterocycles. The van der Waals surface area contributed by atoms with Gasteiger partial charge in [-0.2, -0.15) is 0 Å². The van der Waals surface area contributed by atoms with E-state index in [4.69, 9.17) is 9.47 Å². The van der Waals surface area contributed by atoms with E-state index in [2.05, 4.69) is 35.6 Å². The summed E-state index contributed by atoms with van der Waals surface area (Å²) in [5.41, 5.74) is 3.47. The molecule has 2 aromatic rings. The number of ether oxygens (including phenoxy) is 2. The molecule has 0 spiro atoms. The van der Waals surface area contributed by atoms with E-state index in [-0.39, 0.29) is 6.61 Å². The highest BCUT2D eigenvalue weighted by Crippen LogP contribution is 2.28. The number of aliphatic hydroxyl groups excluding tert-OH is 1. The molecule has 2 aromatic carbocycles. The van der Waals surface area contributed by atoms with Crippen molar-refractivity contribution in [2.45, 2.75) is 26.1 Å². The number of benzene rings is 2. The van der Waals surface area contributed by atoms with Crippen molar-refractivity contribution in [1.82, 2.24) is 9.80 Å². The minimum absolute atomic E-state index is 0.209. The molecule has 158 valence electrons. The topological polar surface area (TPSA) is 45.2 Å². The van der Waals surface area contributed by atoms with Crippen LogP contribution in [0.25, 0.3) is 0 Å². The minimum Gasteiger partial charge on any atom is -0.493 e. The van der Waals surface area contributed by atoms with E-state index in [0.717, 1.165) is 30.8 Å². The van der Waals surface area contributed by atoms with Crippen LogP contribution < -0.4 is 9.47 Å². The zero-order chi connectivity index (χ0) is 21.2. The van der Waals surface area contributed by atoms with E-state index in [9.17, 15) is 5.11 Å². The average molecular weight is 399 g/mol. The molecule has 0 radical (unpaired) electrons. The van der Waals surface area contributed by atoms with Crippen molar-refractivity contribution in [2.24, 2.45) is 0 Å². The van der Waals surface area contributed by atoms with Crippen LogP contribution in [-0.4, -0.2) is 61.9 Å². The van der Waals surface area contributed by atoms with Crippen LogP contribution in [0.5, 0.6) is 11.5 Å². The van der Waals surface area contributed by atoms with Crippen LogP contribution >= 0.6 is 0 Å². The molecule has 0 bridgehead atoms. The van der Waals surface area contributed by atoms with E-state index in [1.807, 2.05) is 50.4 Å². The summed E-state index contributed by atoms with van der Waals surface area (Å²) in [5.74, 6) is 1.32. The summed E-state index contributed by atoms with van der Waals surface area (Å²) in [4.78, 5) is 4.28. The molecule has 0 aliphatic rings. The van der Waals surface area contributed by atoms with Gasteiger partial charge in [0, 0.05) is 26.2 Å². The third-order valence-electron chi connectivity index (χ3n) is 4.47. The lowest BCUT2D eigenvalue weighted by Crippen LogP contribution is -2.32. The van der Waals surface area contributed by atoms with E-state index >= 15 is 0 Å². The van der Waals surface area contributed by atoms with Gasteiger partial charge in [0.2, 0.25) is 0 Å². The van der Waals surface area contributed by atoms with Crippen LogP contribution in [0.1, 0.15) is 18.1 Å². The number of likely N-dealkylation sites (N-methyl/N-ethyl adjacent to an activating group) is 2. The van der Waals surface area contributed by atoms with Gasteiger partial charge in [-0.15, -0.1) is 0 Å². The molecule has 0 heterocycles. The van der Waals surface area contributed by atoms with Gasteiger partial charge < -0.3 is 14.6 Å². The summed E-state index contributed by atoms with van der Waals surface area (Å²) in [5, 5.41) is 10.4. The van der Waals surface area contributed by atoms with Crippen molar-refractivity contribution in [2.75, 3.05) is 40.9 Å². The van der Waals surface area contributed by atoms with Crippen LogP contribution in [-0.2, 0) is 13.1 Å². The van der Waals surface area contributed by atoms with Gasteiger partial charge in [0.15, 0.2) is 11.5 Å². The molecule has 5 heteroatoms. The molecule has 0 aliphatic heterocycles. The summed E-state index contributed by atoms with van der Waals surface area (Å²) in [6.45, 7) is 9.13. The highest BCUT2D eigenvalue weighted by Gasteiger charge is 2.13. The second-order valence-corrected chi connectivity index (χ2v) is 7.76. The van der Waals surface area contributed by atoms with E-state index in [1.165, 1.54) is 5.56 Å². The number of methoxy groups -OCH3 is 1. The third kappa shape index (κ3) is 8.28. The lowest BCUT2D eigenvalue weighted by molar-refractivity contribution is 0.0732. The molecular formula is C24H34N2O3. The van der Waals surface area contributed by atoms with Crippen LogP contribution in [0, 0.1) is 0 Å². The molecule has 0 saturated heterocycles. The van der Waals surface area contributed by atoms with Crippen molar-refractivity contribution in [3.8, 4) is 11.5 Å². The first-order valence-corrected chi connectivity index (χ1v) is 9.90. The Kier molecular flexibility index (Phi) is 9.19. The van der Waals surface area contributed by atoms with E-state index in [0.29, 0.717) is 18.0 Å². The normalized spacial score (nSPS) is 12.2. The Morgan fingerprint density at radius 3 is 2.34 bits per heavy atom. The molecule has 29 heavy (non-hydrogen) atoms. The fourth-order valence-corrected chi connectivity index (χ4v) is 3.32. The zero-order valence-electron chi connectivity index (χ0n) is 18.1. The van der Waals surface area contributed by atoms with Crippen LogP contribution in [0.4, 0.5) is 0 Å². The fourth-order valence-electron chi connectivity index (χ4n) is 3.32. The first-order chi connectivity index (χ1) is 13.9. The van der Waals surface area contributed by atoms with E-state index in [1.54, 1.807) is 7.11 Å². The quantitative estimate of drug-likeness (QED) is 0.554. The Balaban J connectivity index is 1.90. The smallest absolute Gasteiger partial charge is 0.161 e. The van der Waals surface area contributed by atoms with Gasteiger partial charge in [-0.05, 0) is 44.3 Å². The van der Waals surface area contributed by atoms with Crippen molar-refractivity contribution in [3.63, 3.8) is 0 Å². The summed E-state index contributed by atoms with van der Waals surface area (Å²) in [7, 11) is 5.68. The van der Waals surface area contributed by atoms with Gasteiger partial charge in [-0.25, -0.2) is 0 Å². The predicted octanol–water partition coefficient (Wildman–Crippen LogP) is 3.57. The van der Waals surface area contributed by atoms with Crippen molar-refractivity contribution < 1.29 is 14.6 Å². The van der Waals surface area contributed by atoms with Gasteiger partial charge in [0.25, 0.3) is 0 Å². The lowest BCUT2D eigenvalue weighted by atomic mass is 10.2. The van der Waals surface area contributed by atoms with Crippen molar-refractivity contribution in [1.29, 1.82) is 0 Å². The van der Waals surface area contributed by atoms with Gasteiger partial charge in [0.05, 0.1) is 7.11 Å². The number of hydrogen-bond acceptors (Lipinski definition) is 5. The van der Waals surface area contributed by atoms with Crippen LogP contribution in [0.15, 0.2) is 60.7 Å². The molecule has 0 unspecified atom stereocenters. The van der Waals surface area contributed by atoms with Gasteiger partial charge >= 0.3 is 0 Å². The highest BCUT2D eigenvalue weighted by atomic mass is 16.5. The molecular weight excluding hydrogens is 364 g/mol. The van der Waals surface area contributed by atoms with Gasteiger partial charge in [0.1, 0.15) is 12.7 Å². The predicted molar refractivity (Wildman–Crippen MR) is 118 cm³/mol. The summed E-state index contributed by atoms with van der Waals surface area (Å²) in [6, 6.07) is 16.1. The standard InChI is InChI=1S/C24H34N2O3/c1-19(2)14-25(3)16-21-11-12-23(28-5)24(13-21)29-18-22(27)17-26(4)15-20-9-7-6-8-10-20/h6-13,22,27H,1,14-18H2,2-5H3/t22-/m0/s1. The van der Waals surface area contributed by atoms with E-state index < -0.39 is 6.10 Å². The zero-order valence-corrected chi connectivity index (χ0v) is 18.1. The average Bonchev–Trinajstić information content (AvgIpc) is 2.66. The summed E-state index contributed by atoms with van der Waals surface area (Å²) >= 11 is 0. The first-order valence-electron chi connectivity index (χ1n) is 9.90. The van der Waals surface area contributed by atoms with Crippen LogP contribution in [0.3, 0.4) is 0 Å². The Hall–Kier alpha value is -2.34. The second kappa shape index (κ2) is 11.6. The Labute approximate surface area is 175 Å². The second-order valence-electron chi connectivity index (χ2n) is 7.76. The third-order valence-corrected chi connectivity index (χ3v) is 4.47. The largest absolute Gasteiger partial charge is 0.493 e. The van der Waals surface area contributed by atoms with Crippen molar-refractivity contribution >= 4 is 0 Å². The van der Waals surface area contributed by atoms with Crippen molar-refractivity contribution in [3.05, 3.63) is 71.8 Å². The molecule has 1 atom stereocenters. The van der Waals surface area contributed by atoms with Crippen LogP contribution in [0.2, 0.25) is 0 Å². The number of rotatable bonds is 12. The van der Waals surface area contributed by atoms with Gasteiger partial charge in [-0.1, -0.05) is 48.6 Å². The molecule has 0 aliphatic carbocycles. The first kappa shape index (κ1) is 22.9. The summed E-state index contributed by atoms with van der Waals surface area (Å²) in [6.07, 6.45) is -0.594. The molecule has 0 fully saturated rings. The Morgan fingerprint density at radius 1 is 1.00 bits per heavy atom. The minimum atomic E-state index is -0.594. The van der Waals surface area contributed by atoms with Gasteiger partial charge in [-0.3, -0.25) is 9.80 Å². The fraction of sp³-hybridized carbons (Fsp3) is 0.417. The molecule has 5 nitrogen and oxygen atoms in total.